The van der Waals surface area contributed by atoms with E-state index in [1.165, 1.54) is 0 Å². The van der Waals surface area contributed by atoms with Gasteiger partial charge >= 0.3 is 6.03 Å². The summed E-state index contributed by atoms with van der Waals surface area (Å²) in [5.74, 6) is 2.24. The Morgan fingerprint density at radius 3 is 2.42 bits per heavy atom. The number of benzene rings is 3. The van der Waals surface area contributed by atoms with Gasteiger partial charge in [0.1, 0.15) is 17.3 Å². The SMILES string of the molecule is COc1ccc(C[C@@H](NC(=O)N[C@@H](C)c2cccc(OC)c2)c2nc3ccccc3[nH]2)cc1. The van der Waals surface area contributed by atoms with Gasteiger partial charge in [-0.05, 0) is 60.9 Å². The summed E-state index contributed by atoms with van der Waals surface area (Å²) in [6, 6.07) is 22.5. The highest BCUT2D eigenvalue weighted by Crippen LogP contribution is 2.22. The third-order valence-corrected chi connectivity index (χ3v) is 5.58. The Kier molecular flexibility index (Phi) is 6.78. The molecule has 7 heteroatoms. The van der Waals surface area contributed by atoms with Gasteiger partial charge in [0.25, 0.3) is 0 Å². The second-order valence-electron chi connectivity index (χ2n) is 7.86. The van der Waals surface area contributed by atoms with E-state index in [2.05, 4.69) is 15.6 Å². The van der Waals surface area contributed by atoms with Gasteiger partial charge in [-0.3, -0.25) is 0 Å². The van der Waals surface area contributed by atoms with Gasteiger partial charge in [0.15, 0.2) is 0 Å². The Morgan fingerprint density at radius 2 is 1.70 bits per heavy atom. The van der Waals surface area contributed by atoms with Crippen LogP contribution in [0.3, 0.4) is 0 Å². The number of ether oxygens (including phenoxy) is 2. The van der Waals surface area contributed by atoms with Crippen LogP contribution in [0.2, 0.25) is 0 Å². The molecular formula is C26H28N4O3. The first-order valence-corrected chi connectivity index (χ1v) is 10.8. The lowest BCUT2D eigenvalue weighted by Crippen LogP contribution is -2.40. The second-order valence-corrected chi connectivity index (χ2v) is 7.86. The molecule has 1 heterocycles. The highest BCUT2D eigenvalue weighted by molar-refractivity contribution is 5.76. The standard InChI is InChI=1S/C26H28N4O3/c1-17(19-7-6-8-21(16-19)33-3)27-26(31)30-24(15-18-11-13-20(32-2)14-12-18)25-28-22-9-4-5-10-23(22)29-25/h4-14,16-17,24H,15H2,1-3H3,(H,28,29)(H2,27,30,31)/t17-,24+/m0/s1. The number of hydrogen-bond acceptors (Lipinski definition) is 4. The minimum atomic E-state index is -0.344. The minimum absolute atomic E-state index is 0.197. The van der Waals surface area contributed by atoms with E-state index in [0.717, 1.165) is 33.7 Å². The third-order valence-electron chi connectivity index (χ3n) is 5.58. The quantitative estimate of drug-likeness (QED) is 0.360. The summed E-state index contributed by atoms with van der Waals surface area (Å²) < 4.78 is 10.6. The van der Waals surface area contributed by atoms with E-state index < -0.39 is 0 Å². The molecule has 2 atom stereocenters. The van der Waals surface area contributed by atoms with Gasteiger partial charge in [-0.15, -0.1) is 0 Å². The average Bonchev–Trinajstić information content (AvgIpc) is 3.28. The fourth-order valence-electron chi connectivity index (χ4n) is 3.74. The number of aromatic amines is 1. The van der Waals surface area contributed by atoms with Crippen molar-refractivity contribution in [2.45, 2.75) is 25.4 Å². The maximum atomic E-state index is 13.0. The van der Waals surface area contributed by atoms with Gasteiger partial charge in [-0.1, -0.05) is 36.4 Å². The second kappa shape index (κ2) is 10.1. The molecule has 0 aliphatic heterocycles. The van der Waals surface area contributed by atoms with E-state index in [-0.39, 0.29) is 18.1 Å². The van der Waals surface area contributed by atoms with Crippen LogP contribution in [0.15, 0.2) is 72.8 Å². The van der Waals surface area contributed by atoms with E-state index in [1.807, 2.05) is 79.7 Å². The number of nitrogens with one attached hydrogen (secondary N) is 3. The average molecular weight is 445 g/mol. The number of carbonyl (C=O) groups excluding carboxylic acids is 1. The van der Waals surface area contributed by atoms with E-state index in [0.29, 0.717) is 12.2 Å². The van der Waals surface area contributed by atoms with Crippen LogP contribution >= 0.6 is 0 Å². The van der Waals surface area contributed by atoms with Crippen LogP contribution in [0.5, 0.6) is 11.5 Å². The Balaban J connectivity index is 1.53. The van der Waals surface area contributed by atoms with Gasteiger partial charge in [0.2, 0.25) is 0 Å². The molecule has 7 nitrogen and oxygen atoms in total. The maximum Gasteiger partial charge on any atom is 0.315 e. The summed E-state index contributed by atoms with van der Waals surface area (Å²) in [5.41, 5.74) is 3.81. The zero-order valence-corrected chi connectivity index (χ0v) is 19.0. The fourth-order valence-corrected chi connectivity index (χ4v) is 3.74. The Labute approximate surface area is 193 Å². The van der Waals surface area contributed by atoms with Crippen molar-refractivity contribution in [2.75, 3.05) is 14.2 Å². The smallest absolute Gasteiger partial charge is 0.315 e. The van der Waals surface area contributed by atoms with Crippen molar-refractivity contribution in [1.29, 1.82) is 0 Å². The van der Waals surface area contributed by atoms with Crippen LogP contribution in [-0.2, 0) is 6.42 Å². The number of nitrogens with zero attached hydrogens (tertiary/aromatic N) is 1. The zero-order valence-electron chi connectivity index (χ0n) is 19.0. The maximum absolute atomic E-state index is 13.0. The van der Waals surface area contributed by atoms with Crippen LogP contribution in [0, 0.1) is 0 Å². The summed E-state index contributed by atoms with van der Waals surface area (Å²) in [4.78, 5) is 21.0. The highest BCUT2D eigenvalue weighted by Gasteiger charge is 2.20. The molecule has 0 saturated carbocycles. The number of H-pyrrole nitrogens is 1. The molecule has 0 spiro atoms. The molecule has 1 aromatic heterocycles. The lowest BCUT2D eigenvalue weighted by Gasteiger charge is -2.20. The zero-order chi connectivity index (χ0) is 23.2. The number of urea groups is 1. The first kappa shape index (κ1) is 22.2. The predicted octanol–water partition coefficient (Wildman–Crippen LogP) is 4.92. The number of methoxy groups -OCH3 is 2. The van der Waals surface area contributed by atoms with E-state index in [1.54, 1.807) is 14.2 Å². The first-order valence-electron chi connectivity index (χ1n) is 10.8. The Bertz CT molecular complexity index is 1190. The van der Waals surface area contributed by atoms with Crippen molar-refractivity contribution in [1.82, 2.24) is 20.6 Å². The molecule has 0 unspecified atom stereocenters. The van der Waals surface area contributed by atoms with Crippen molar-refractivity contribution in [3.8, 4) is 11.5 Å². The summed E-state index contributed by atoms with van der Waals surface area (Å²) >= 11 is 0. The van der Waals surface area contributed by atoms with E-state index in [4.69, 9.17) is 14.5 Å². The van der Waals surface area contributed by atoms with Gasteiger partial charge in [0, 0.05) is 0 Å². The van der Waals surface area contributed by atoms with E-state index >= 15 is 0 Å². The molecule has 4 rings (SSSR count). The number of rotatable bonds is 8. The lowest BCUT2D eigenvalue weighted by molar-refractivity contribution is 0.233. The highest BCUT2D eigenvalue weighted by atomic mass is 16.5. The molecule has 170 valence electrons. The van der Waals surface area contributed by atoms with Crippen molar-refractivity contribution in [3.05, 3.63) is 89.7 Å². The van der Waals surface area contributed by atoms with Crippen LogP contribution in [-0.4, -0.2) is 30.2 Å². The molecule has 0 aliphatic rings. The fraction of sp³-hybridized carbons (Fsp3) is 0.231. The van der Waals surface area contributed by atoms with Gasteiger partial charge in [-0.2, -0.15) is 0 Å². The van der Waals surface area contributed by atoms with Crippen LogP contribution < -0.4 is 20.1 Å². The Hall–Kier alpha value is -4.00. The topological polar surface area (TPSA) is 88.3 Å². The normalized spacial score (nSPS) is 12.7. The molecule has 4 aromatic rings. The van der Waals surface area contributed by atoms with Gasteiger partial charge in [0.05, 0.1) is 37.3 Å². The summed E-state index contributed by atoms with van der Waals surface area (Å²) in [7, 11) is 3.27. The lowest BCUT2D eigenvalue weighted by atomic mass is 10.1. The first-order chi connectivity index (χ1) is 16.1. The molecule has 0 aliphatic carbocycles. The number of para-hydroxylation sites is 2. The summed E-state index contributed by atoms with van der Waals surface area (Å²) in [6.45, 7) is 1.94. The monoisotopic (exact) mass is 444 g/mol. The van der Waals surface area contributed by atoms with Crippen LogP contribution in [0.1, 0.15) is 36.0 Å². The van der Waals surface area contributed by atoms with Crippen LogP contribution in [0.25, 0.3) is 11.0 Å². The third kappa shape index (κ3) is 5.44. The van der Waals surface area contributed by atoms with Gasteiger partial charge in [-0.25, -0.2) is 9.78 Å². The molecular weight excluding hydrogens is 416 g/mol. The molecule has 3 aromatic carbocycles. The number of amides is 2. The number of fused-ring (bicyclic) bond motifs is 1. The molecule has 0 bridgehead atoms. The van der Waals surface area contributed by atoms with Crippen molar-refractivity contribution >= 4 is 17.1 Å². The van der Waals surface area contributed by atoms with Crippen molar-refractivity contribution in [2.24, 2.45) is 0 Å². The van der Waals surface area contributed by atoms with E-state index in [9.17, 15) is 4.79 Å². The largest absolute Gasteiger partial charge is 0.497 e. The Morgan fingerprint density at radius 1 is 0.939 bits per heavy atom. The predicted molar refractivity (Wildman–Crippen MR) is 129 cm³/mol. The molecule has 3 N–H and O–H groups in total. The molecule has 2 amide bonds. The number of aromatic nitrogens is 2. The molecule has 0 radical (unpaired) electrons. The van der Waals surface area contributed by atoms with Crippen molar-refractivity contribution in [3.63, 3.8) is 0 Å². The minimum Gasteiger partial charge on any atom is -0.497 e. The van der Waals surface area contributed by atoms with Crippen molar-refractivity contribution < 1.29 is 14.3 Å². The number of carbonyl (C=O) groups is 1. The van der Waals surface area contributed by atoms with Gasteiger partial charge < -0.3 is 25.1 Å². The van der Waals surface area contributed by atoms with Crippen LogP contribution in [0.4, 0.5) is 4.79 Å². The summed E-state index contributed by atoms with van der Waals surface area (Å²) in [5, 5.41) is 6.11. The number of imidazole rings is 1. The molecule has 33 heavy (non-hydrogen) atoms. The molecule has 0 saturated heterocycles. The molecule has 0 fully saturated rings. The summed E-state index contributed by atoms with van der Waals surface area (Å²) in [6.07, 6.45) is 0.574. The number of hydrogen-bond donors (Lipinski definition) is 3.